The zero-order chi connectivity index (χ0) is 13.9. The van der Waals surface area contributed by atoms with Crippen molar-refractivity contribution in [2.24, 2.45) is 0 Å². The van der Waals surface area contributed by atoms with E-state index in [2.05, 4.69) is 24.1 Å². The van der Waals surface area contributed by atoms with Crippen LogP contribution in [-0.4, -0.2) is 46.1 Å². The summed E-state index contributed by atoms with van der Waals surface area (Å²) in [5.74, 6) is -1.21. The molecule has 5 heteroatoms. The van der Waals surface area contributed by atoms with E-state index in [9.17, 15) is 9.59 Å². The van der Waals surface area contributed by atoms with Gasteiger partial charge >= 0.3 is 5.97 Å². The molecule has 18 heavy (non-hydrogen) atoms. The van der Waals surface area contributed by atoms with Crippen molar-refractivity contribution in [3.63, 3.8) is 0 Å². The fourth-order valence-corrected chi connectivity index (χ4v) is 2.74. The molecule has 1 amide bonds. The summed E-state index contributed by atoms with van der Waals surface area (Å²) in [5, 5.41) is 11.3. The number of hydrogen-bond acceptors (Lipinski definition) is 3. The van der Waals surface area contributed by atoms with Crippen molar-refractivity contribution in [2.45, 2.75) is 71.1 Å². The Hall–Kier alpha value is -1.10. The first-order chi connectivity index (χ1) is 8.34. The van der Waals surface area contributed by atoms with Crippen molar-refractivity contribution in [3.8, 4) is 0 Å². The van der Waals surface area contributed by atoms with Crippen LogP contribution in [0, 0.1) is 0 Å². The van der Waals surface area contributed by atoms with Crippen LogP contribution in [0.2, 0.25) is 0 Å². The van der Waals surface area contributed by atoms with E-state index in [0.29, 0.717) is 12.1 Å². The van der Waals surface area contributed by atoms with Crippen LogP contribution < -0.4 is 5.32 Å². The van der Waals surface area contributed by atoms with E-state index in [0.717, 1.165) is 12.8 Å². The molecule has 1 aliphatic heterocycles. The third-order valence-corrected chi connectivity index (χ3v) is 3.82. The van der Waals surface area contributed by atoms with Crippen molar-refractivity contribution < 1.29 is 14.7 Å². The molecular formula is C13H24N2O3. The van der Waals surface area contributed by atoms with Gasteiger partial charge in [0.25, 0.3) is 0 Å². The third-order valence-electron chi connectivity index (χ3n) is 3.82. The minimum atomic E-state index is -1.00. The highest BCUT2D eigenvalue weighted by atomic mass is 16.4. The van der Waals surface area contributed by atoms with Crippen molar-refractivity contribution in [2.75, 3.05) is 0 Å². The molecule has 1 saturated heterocycles. The molecule has 1 heterocycles. The minimum absolute atomic E-state index is 0.203. The van der Waals surface area contributed by atoms with Crippen molar-refractivity contribution in [1.29, 1.82) is 0 Å². The second kappa shape index (κ2) is 6.18. The van der Waals surface area contributed by atoms with E-state index in [1.54, 1.807) is 0 Å². The van der Waals surface area contributed by atoms with Gasteiger partial charge in [-0.25, -0.2) is 0 Å². The number of carbonyl (C=O) groups is 2. The predicted molar refractivity (Wildman–Crippen MR) is 69.3 cm³/mol. The molecule has 0 bridgehead atoms. The SMILES string of the molecule is CC(NC(=O)C(C)N1C(C)CCCC1C)C(=O)O. The molecule has 2 N–H and O–H groups in total. The smallest absolute Gasteiger partial charge is 0.325 e. The summed E-state index contributed by atoms with van der Waals surface area (Å²) < 4.78 is 0. The van der Waals surface area contributed by atoms with Crippen LogP contribution in [0.25, 0.3) is 0 Å². The van der Waals surface area contributed by atoms with Crippen LogP contribution in [0.1, 0.15) is 47.0 Å². The lowest BCUT2D eigenvalue weighted by atomic mass is 9.95. The van der Waals surface area contributed by atoms with E-state index in [-0.39, 0.29) is 11.9 Å². The summed E-state index contributed by atoms with van der Waals surface area (Å²) in [4.78, 5) is 25.0. The van der Waals surface area contributed by atoms with Gasteiger partial charge in [-0.3, -0.25) is 14.5 Å². The van der Waals surface area contributed by atoms with E-state index in [1.165, 1.54) is 13.3 Å². The molecule has 5 nitrogen and oxygen atoms in total. The molecule has 1 rings (SSSR count). The number of rotatable bonds is 4. The van der Waals surface area contributed by atoms with Crippen LogP contribution in [-0.2, 0) is 9.59 Å². The lowest BCUT2D eigenvalue weighted by Crippen LogP contribution is -2.56. The van der Waals surface area contributed by atoms with E-state index < -0.39 is 12.0 Å². The highest BCUT2D eigenvalue weighted by Crippen LogP contribution is 2.24. The predicted octanol–water partition coefficient (Wildman–Crippen LogP) is 1.23. The first kappa shape index (κ1) is 15.0. The van der Waals surface area contributed by atoms with Gasteiger partial charge in [-0.15, -0.1) is 0 Å². The van der Waals surface area contributed by atoms with Gasteiger partial charge in [-0.2, -0.15) is 0 Å². The summed E-state index contributed by atoms with van der Waals surface area (Å²) in [6, 6.07) is -0.378. The molecule has 1 fully saturated rings. The second-order valence-electron chi connectivity index (χ2n) is 5.32. The van der Waals surface area contributed by atoms with Gasteiger partial charge in [-0.05, 0) is 40.5 Å². The topological polar surface area (TPSA) is 69.6 Å². The molecule has 0 aromatic heterocycles. The Morgan fingerprint density at radius 3 is 2.17 bits per heavy atom. The number of piperidine rings is 1. The second-order valence-corrected chi connectivity index (χ2v) is 5.32. The van der Waals surface area contributed by atoms with Gasteiger partial charge in [0.1, 0.15) is 6.04 Å². The fraction of sp³-hybridized carbons (Fsp3) is 0.846. The monoisotopic (exact) mass is 256 g/mol. The van der Waals surface area contributed by atoms with Crippen LogP contribution in [0.15, 0.2) is 0 Å². The van der Waals surface area contributed by atoms with Crippen LogP contribution in [0.4, 0.5) is 0 Å². The van der Waals surface area contributed by atoms with Gasteiger partial charge < -0.3 is 10.4 Å². The zero-order valence-electron chi connectivity index (χ0n) is 11.6. The number of aliphatic carboxylic acids is 1. The molecule has 0 aliphatic carbocycles. The highest BCUT2D eigenvalue weighted by Gasteiger charge is 2.33. The number of nitrogens with zero attached hydrogens (tertiary/aromatic N) is 1. The summed E-state index contributed by atoms with van der Waals surface area (Å²) >= 11 is 0. The number of hydrogen-bond donors (Lipinski definition) is 2. The first-order valence-electron chi connectivity index (χ1n) is 6.65. The molecule has 0 aromatic rings. The first-order valence-corrected chi connectivity index (χ1v) is 6.65. The number of carbonyl (C=O) groups excluding carboxylic acids is 1. The summed E-state index contributed by atoms with van der Waals surface area (Å²) in [7, 11) is 0. The van der Waals surface area contributed by atoms with E-state index in [4.69, 9.17) is 5.11 Å². The number of carboxylic acids is 1. The maximum Gasteiger partial charge on any atom is 0.325 e. The largest absolute Gasteiger partial charge is 0.480 e. The molecule has 4 atom stereocenters. The number of carboxylic acid groups (broad SMARTS) is 1. The Kier molecular flexibility index (Phi) is 5.14. The average Bonchev–Trinajstić information content (AvgIpc) is 2.28. The molecule has 0 radical (unpaired) electrons. The van der Waals surface area contributed by atoms with Crippen molar-refractivity contribution >= 4 is 11.9 Å². The van der Waals surface area contributed by atoms with E-state index in [1.807, 2.05) is 6.92 Å². The third kappa shape index (κ3) is 3.45. The summed E-state index contributed by atoms with van der Waals surface area (Å²) in [5.41, 5.74) is 0. The molecule has 104 valence electrons. The Morgan fingerprint density at radius 2 is 1.72 bits per heavy atom. The molecule has 4 unspecified atom stereocenters. The number of likely N-dealkylation sites (tertiary alicyclic amines) is 1. The van der Waals surface area contributed by atoms with Gasteiger partial charge in [0.2, 0.25) is 5.91 Å². The molecule has 1 aliphatic rings. The molecule has 0 aromatic carbocycles. The Labute approximate surface area is 109 Å². The van der Waals surface area contributed by atoms with Gasteiger partial charge in [-0.1, -0.05) is 6.42 Å². The average molecular weight is 256 g/mol. The zero-order valence-corrected chi connectivity index (χ0v) is 11.6. The van der Waals surface area contributed by atoms with Crippen LogP contribution in [0.3, 0.4) is 0 Å². The maximum absolute atomic E-state index is 12.0. The minimum Gasteiger partial charge on any atom is -0.480 e. The quantitative estimate of drug-likeness (QED) is 0.793. The van der Waals surface area contributed by atoms with Gasteiger partial charge in [0.15, 0.2) is 0 Å². The molecule has 0 spiro atoms. The van der Waals surface area contributed by atoms with Crippen LogP contribution >= 0.6 is 0 Å². The van der Waals surface area contributed by atoms with Crippen LogP contribution in [0.5, 0.6) is 0 Å². The van der Waals surface area contributed by atoms with Crippen molar-refractivity contribution in [3.05, 3.63) is 0 Å². The number of amides is 1. The fourth-order valence-electron chi connectivity index (χ4n) is 2.74. The lowest BCUT2D eigenvalue weighted by molar-refractivity contribution is -0.142. The molecular weight excluding hydrogens is 232 g/mol. The van der Waals surface area contributed by atoms with E-state index >= 15 is 0 Å². The van der Waals surface area contributed by atoms with Gasteiger partial charge in [0.05, 0.1) is 6.04 Å². The summed E-state index contributed by atoms with van der Waals surface area (Å²) in [6.45, 7) is 7.58. The van der Waals surface area contributed by atoms with Crippen molar-refractivity contribution in [1.82, 2.24) is 10.2 Å². The lowest BCUT2D eigenvalue weighted by Gasteiger charge is -2.42. The highest BCUT2D eigenvalue weighted by molar-refractivity contribution is 5.86. The standard InChI is InChI=1S/C13H24N2O3/c1-8-6-5-7-9(2)15(8)11(4)12(16)14-10(3)13(17)18/h8-11H,5-7H2,1-4H3,(H,14,16)(H,17,18). The molecule has 0 saturated carbocycles. The Balaban J connectivity index is 2.64. The Morgan fingerprint density at radius 1 is 1.22 bits per heavy atom. The number of nitrogens with one attached hydrogen (secondary N) is 1. The normalized spacial score (nSPS) is 28.4. The Bertz CT molecular complexity index is 309. The summed E-state index contributed by atoms with van der Waals surface area (Å²) in [6.07, 6.45) is 3.38. The van der Waals surface area contributed by atoms with Gasteiger partial charge in [0, 0.05) is 12.1 Å². The maximum atomic E-state index is 12.0.